The highest BCUT2D eigenvalue weighted by molar-refractivity contribution is 7.80. The van der Waals surface area contributed by atoms with Gasteiger partial charge in [-0.25, -0.2) is 0 Å². The Morgan fingerprint density at radius 1 is 1.28 bits per heavy atom. The van der Waals surface area contributed by atoms with Crippen LogP contribution in [0.1, 0.15) is 49.4 Å². The van der Waals surface area contributed by atoms with Crippen LogP contribution in [0.5, 0.6) is 0 Å². The smallest absolute Gasteiger partial charge is 0.252 e. The van der Waals surface area contributed by atoms with Crippen molar-refractivity contribution in [1.82, 2.24) is 5.32 Å². The zero-order valence-corrected chi connectivity index (χ0v) is 11.7. The lowest BCUT2D eigenvalue weighted by molar-refractivity contribution is 0.0916. The van der Waals surface area contributed by atoms with Crippen molar-refractivity contribution in [3.8, 4) is 0 Å². The summed E-state index contributed by atoms with van der Waals surface area (Å²) in [7, 11) is 0. The van der Waals surface area contributed by atoms with Crippen molar-refractivity contribution in [3.63, 3.8) is 0 Å². The summed E-state index contributed by atoms with van der Waals surface area (Å²) < 4.78 is 0. The lowest BCUT2D eigenvalue weighted by atomic mass is 9.84. The molecule has 0 bridgehead atoms. The van der Waals surface area contributed by atoms with E-state index in [2.05, 4.69) is 24.9 Å². The molecule has 2 nitrogen and oxygen atoms in total. The van der Waals surface area contributed by atoms with Crippen LogP contribution >= 0.6 is 12.6 Å². The first-order valence-electron chi connectivity index (χ1n) is 6.77. The molecule has 1 amide bonds. The quantitative estimate of drug-likeness (QED) is 0.800. The molecule has 1 unspecified atom stereocenters. The van der Waals surface area contributed by atoms with Gasteiger partial charge in [-0.2, -0.15) is 0 Å². The van der Waals surface area contributed by atoms with E-state index >= 15 is 0 Å². The highest BCUT2D eigenvalue weighted by Crippen LogP contribution is 2.26. The molecule has 3 heteroatoms. The van der Waals surface area contributed by atoms with Crippen LogP contribution in [0.4, 0.5) is 0 Å². The van der Waals surface area contributed by atoms with Crippen molar-refractivity contribution in [2.45, 2.75) is 50.0 Å². The number of rotatable bonds is 3. The minimum atomic E-state index is -0.00123. The second-order valence-electron chi connectivity index (χ2n) is 5.18. The van der Waals surface area contributed by atoms with Gasteiger partial charge in [0.25, 0.3) is 5.91 Å². The van der Waals surface area contributed by atoms with Crippen LogP contribution in [0.2, 0.25) is 0 Å². The molecule has 1 aliphatic rings. The molecular weight excluding hydrogens is 242 g/mol. The summed E-state index contributed by atoms with van der Waals surface area (Å²) in [6, 6.07) is 7.70. The van der Waals surface area contributed by atoms with Gasteiger partial charge in [0.05, 0.1) is 5.56 Å². The van der Waals surface area contributed by atoms with Crippen molar-refractivity contribution >= 4 is 18.5 Å². The number of carbonyl (C=O) groups excluding carboxylic acids is 1. The normalized spacial score (nSPS) is 18.3. The van der Waals surface area contributed by atoms with Gasteiger partial charge in [-0.1, -0.05) is 31.4 Å². The van der Waals surface area contributed by atoms with E-state index in [-0.39, 0.29) is 11.9 Å². The zero-order valence-electron chi connectivity index (χ0n) is 10.9. The fourth-order valence-electron chi connectivity index (χ4n) is 2.70. The van der Waals surface area contributed by atoms with Crippen LogP contribution in [0.15, 0.2) is 29.2 Å². The topological polar surface area (TPSA) is 29.1 Å². The molecule has 0 aliphatic heterocycles. The van der Waals surface area contributed by atoms with Gasteiger partial charge in [0.2, 0.25) is 0 Å². The molecule has 2 rings (SSSR count). The van der Waals surface area contributed by atoms with Gasteiger partial charge in [-0.05, 0) is 37.8 Å². The summed E-state index contributed by atoms with van der Waals surface area (Å²) >= 11 is 4.33. The van der Waals surface area contributed by atoms with Gasteiger partial charge in [0.15, 0.2) is 0 Å². The Balaban J connectivity index is 1.96. The first-order chi connectivity index (χ1) is 8.68. The van der Waals surface area contributed by atoms with E-state index in [1.165, 1.54) is 32.1 Å². The van der Waals surface area contributed by atoms with Gasteiger partial charge in [0, 0.05) is 10.9 Å². The molecule has 1 aliphatic carbocycles. The molecule has 0 saturated heterocycles. The van der Waals surface area contributed by atoms with Crippen LogP contribution in [0, 0.1) is 5.92 Å². The number of nitrogens with one attached hydrogen (secondary N) is 1. The maximum Gasteiger partial charge on any atom is 0.252 e. The maximum absolute atomic E-state index is 12.2. The average Bonchev–Trinajstić information content (AvgIpc) is 2.40. The van der Waals surface area contributed by atoms with Crippen molar-refractivity contribution in [2.75, 3.05) is 0 Å². The number of benzene rings is 1. The minimum absolute atomic E-state index is 0.00123. The Morgan fingerprint density at radius 2 is 1.94 bits per heavy atom. The Bertz CT molecular complexity index is 413. The molecule has 0 radical (unpaired) electrons. The van der Waals surface area contributed by atoms with E-state index in [4.69, 9.17) is 0 Å². The van der Waals surface area contributed by atoms with Crippen molar-refractivity contribution < 1.29 is 4.79 Å². The third-order valence-electron chi connectivity index (χ3n) is 3.86. The lowest BCUT2D eigenvalue weighted by Crippen LogP contribution is -2.39. The maximum atomic E-state index is 12.2. The van der Waals surface area contributed by atoms with Gasteiger partial charge in [-0.3, -0.25) is 4.79 Å². The molecule has 0 spiro atoms. The SMILES string of the molecule is CC(NC(=O)c1ccccc1S)C1CCCCC1. The number of hydrogen-bond acceptors (Lipinski definition) is 2. The summed E-state index contributed by atoms with van der Waals surface area (Å²) in [5, 5.41) is 3.12. The fourth-order valence-corrected chi connectivity index (χ4v) is 2.96. The number of hydrogen-bond donors (Lipinski definition) is 2. The molecule has 1 saturated carbocycles. The average molecular weight is 263 g/mol. The monoisotopic (exact) mass is 263 g/mol. The van der Waals surface area contributed by atoms with Crippen LogP contribution in [-0.4, -0.2) is 11.9 Å². The highest BCUT2D eigenvalue weighted by Gasteiger charge is 2.22. The lowest BCUT2D eigenvalue weighted by Gasteiger charge is -2.28. The van der Waals surface area contributed by atoms with E-state index in [0.29, 0.717) is 11.5 Å². The minimum Gasteiger partial charge on any atom is -0.349 e. The third-order valence-corrected chi connectivity index (χ3v) is 4.25. The molecule has 1 aromatic carbocycles. The number of thiol groups is 1. The molecule has 98 valence electrons. The van der Waals surface area contributed by atoms with Crippen molar-refractivity contribution in [2.24, 2.45) is 5.92 Å². The van der Waals surface area contributed by atoms with Crippen LogP contribution in [0.3, 0.4) is 0 Å². The Labute approximate surface area is 115 Å². The van der Waals surface area contributed by atoms with Gasteiger partial charge in [-0.15, -0.1) is 12.6 Å². The number of carbonyl (C=O) groups is 1. The molecule has 0 heterocycles. The largest absolute Gasteiger partial charge is 0.349 e. The Hall–Kier alpha value is -0.960. The van der Waals surface area contributed by atoms with Crippen LogP contribution < -0.4 is 5.32 Å². The summed E-state index contributed by atoms with van der Waals surface area (Å²) in [5.41, 5.74) is 0.670. The van der Waals surface area contributed by atoms with Gasteiger partial charge in [0.1, 0.15) is 0 Å². The molecule has 18 heavy (non-hydrogen) atoms. The molecule has 1 atom stereocenters. The fraction of sp³-hybridized carbons (Fsp3) is 0.533. The van der Waals surface area contributed by atoms with Crippen molar-refractivity contribution in [1.29, 1.82) is 0 Å². The Kier molecular flexibility index (Phi) is 4.70. The van der Waals surface area contributed by atoms with E-state index in [1.807, 2.05) is 24.3 Å². The molecule has 1 N–H and O–H groups in total. The predicted octanol–water partition coefficient (Wildman–Crippen LogP) is 3.67. The zero-order chi connectivity index (χ0) is 13.0. The summed E-state index contributed by atoms with van der Waals surface area (Å²) in [6.07, 6.45) is 6.42. The van der Waals surface area contributed by atoms with Gasteiger partial charge < -0.3 is 5.32 Å². The van der Waals surface area contributed by atoms with E-state index in [0.717, 1.165) is 4.90 Å². The van der Waals surface area contributed by atoms with Crippen LogP contribution in [0.25, 0.3) is 0 Å². The first-order valence-corrected chi connectivity index (χ1v) is 7.22. The summed E-state index contributed by atoms with van der Waals surface area (Å²) in [6.45, 7) is 2.12. The highest BCUT2D eigenvalue weighted by atomic mass is 32.1. The molecule has 1 fully saturated rings. The molecule has 0 aromatic heterocycles. The first kappa shape index (κ1) is 13.5. The third kappa shape index (κ3) is 3.29. The van der Waals surface area contributed by atoms with Crippen molar-refractivity contribution in [3.05, 3.63) is 29.8 Å². The second-order valence-corrected chi connectivity index (χ2v) is 5.66. The van der Waals surface area contributed by atoms with E-state index in [9.17, 15) is 4.79 Å². The molecular formula is C15H21NOS. The van der Waals surface area contributed by atoms with Crippen LogP contribution in [-0.2, 0) is 0 Å². The standard InChI is InChI=1S/C15H21NOS/c1-11(12-7-3-2-4-8-12)16-15(17)13-9-5-6-10-14(13)18/h5-6,9-12,18H,2-4,7-8H2,1H3,(H,16,17). The summed E-state index contributed by atoms with van der Waals surface area (Å²) in [4.78, 5) is 12.9. The Morgan fingerprint density at radius 3 is 2.61 bits per heavy atom. The van der Waals surface area contributed by atoms with E-state index in [1.54, 1.807) is 0 Å². The summed E-state index contributed by atoms with van der Waals surface area (Å²) in [5.74, 6) is 0.633. The molecule has 1 aromatic rings. The second kappa shape index (κ2) is 6.28. The van der Waals surface area contributed by atoms with E-state index < -0.39 is 0 Å². The van der Waals surface area contributed by atoms with Gasteiger partial charge >= 0.3 is 0 Å². The number of amides is 1. The predicted molar refractivity (Wildman–Crippen MR) is 77.2 cm³/mol.